The summed E-state index contributed by atoms with van der Waals surface area (Å²) in [5.74, 6) is -4.97. The standard InChI is InChI=1S/C45H73N7O19S/c1-6-9-11-13-30(53)66-22-28-34(55)35(56)36(70-31(54)14-12-10-7-2)42(69-28)68-26-19-27-38(57)45(20-26)37(50-44(61)71-45)33(40(59)48-17-15-25-16-18-51(21-25)43(46)47)52(27)41(60)32(24(4)8-3)49-39(58)29(65-5)23-67-72(62,63)64/h16,24,26-29,32-38,42,55-57H,6-15,17-23H2,1-5H3,(H3,46,47)(H,48,59)(H,49,58)(H,50,61)(H,62,63,64)/t24-,26?,27?,28+,29?,32+,33?,34+,35-,36+,37?,38?,42-,45?/m0/s1. The van der Waals surface area contributed by atoms with E-state index in [4.69, 9.17) is 39.6 Å². The fraction of sp³-hybridized carbons (Fsp3) is 0.800. The first-order valence-electron chi connectivity index (χ1n) is 24.6. The number of methoxy groups -OCH3 is 1. The number of carbonyl (C=O) groups excluding carboxylic acids is 6. The van der Waals surface area contributed by atoms with Crippen molar-refractivity contribution in [3.8, 4) is 0 Å². The van der Waals surface area contributed by atoms with Crippen LogP contribution in [0, 0.1) is 11.3 Å². The number of rotatable bonds is 26. The number of guanidine groups is 1. The van der Waals surface area contributed by atoms with Gasteiger partial charge in [-0.3, -0.25) is 33.9 Å². The number of ether oxygens (including phenoxy) is 6. The zero-order chi connectivity index (χ0) is 53.1. The molecule has 5 aliphatic rings. The second-order valence-electron chi connectivity index (χ2n) is 18.9. The van der Waals surface area contributed by atoms with Crippen LogP contribution in [0.1, 0.15) is 105 Å². The summed E-state index contributed by atoms with van der Waals surface area (Å²) in [4.78, 5) is 85.7. The number of esters is 2. The highest BCUT2D eigenvalue weighted by molar-refractivity contribution is 7.80. The first-order chi connectivity index (χ1) is 34.1. The highest BCUT2D eigenvalue weighted by Gasteiger charge is 2.70. The Kier molecular flexibility index (Phi) is 21.0. The van der Waals surface area contributed by atoms with Gasteiger partial charge in [-0.25, -0.2) is 8.98 Å². The SMILES string of the molecule is CCCCCC(=O)OC[C@H]1O[C@H](OC2CC3C(O)C4(C2)OC(=O)NC4C(C(=O)NCCC2=CCN(C(=N)N)C2)N3C(=O)[C@H](NC(=O)C(COS(=O)(=O)O)OC)[C@@H](C)CC)[C@H](OC(=O)CCCCC)[C@@H](O)[C@@H]1O. The molecule has 7 unspecified atom stereocenters. The van der Waals surface area contributed by atoms with Crippen molar-refractivity contribution in [2.24, 2.45) is 11.7 Å². The van der Waals surface area contributed by atoms with Crippen LogP contribution in [0.3, 0.4) is 0 Å². The van der Waals surface area contributed by atoms with Gasteiger partial charge in [0, 0.05) is 46.0 Å². The molecule has 0 aromatic heterocycles. The molecule has 0 aromatic rings. The number of aliphatic hydroxyl groups is 3. The molecule has 10 N–H and O–H groups in total. The third-order valence-corrected chi connectivity index (χ3v) is 14.3. The fourth-order valence-corrected chi connectivity index (χ4v) is 10.0. The van der Waals surface area contributed by atoms with E-state index in [2.05, 4.69) is 20.1 Å². The Bertz CT molecular complexity index is 2080. The predicted molar refractivity (Wildman–Crippen MR) is 249 cm³/mol. The molecule has 26 nitrogen and oxygen atoms in total. The normalized spacial score (nSPS) is 30.2. The lowest BCUT2D eigenvalue weighted by Gasteiger charge is -2.58. The molecule has 5 rings (SSSR count). The van der Waals surface area contributed by atoms with E-state index in [0.717, 1.165) is 36.8 Å². The number of amides is 4. The van der Waals surface area contributed by atoms with E-state index in [1.807, 2.05) is 19.9 Å². The van der Waals surface area contributed by atoms with Gasteiger partial charge < -0.3 is 75.2 Å². The van der Waals surface area contributed by atoms with E-state index in [1.54, 1.807) is 18.7 Å². The molecule has 3 saturated heterocycles. The molecule has 27 heteroatoms. The minimum atomic E-state index is -5.03. The number of unbranched alkanes of at least 4 members (excludes halogenated alkanes) is 4. The highest BCUT2D eigenvalue weighted by atomic mass is 32.3. The summed E-state index contributed by atoms with van der Waals surface area (Å²) in [5.41, 5.74) is 4.51. The van der Waals surface area contributed by atoms with Crippen LogP contribution in [0.15, 0.2) is 11.6 Å². The number of nitrogens with two attached hydrogens (primary N) is 1. The Morgan fingerprint density at radius 2 is 1.72 bits per heavy atom. The topological polar surface area (TPSA) is 375 Å². The summed E-state index contributed by atoms with van der Waals surface area (Å²) >= 11 is 0. The van der Waals surface area contributed by atoms with Crippen LogP contribution < -0.4 is 21.7 Å². The predicted octanol–water partition coefficient (Wildman–Crippen LogP) is -0.978. The molecule has 1 saturated carbocycles. The minimum Gasteiger partial charge on any atom is -0.463 e. The number of nitrogens with zero attached hydrogens (tertiary/aromatic N) is 2. The number of hydrogen-bond acceptors (Lipinski definition) is 19. The largest absolute Gasteiger partial charge is 0.463 e. The third kappa shape index (κ3) is 14.3. The van der Waals surface area contributed by atoms with Gasteiger partial charge in [0.1, 0.15) is 55.8 Å². The summed E-state index contributed by atoms with van der Waals surface area (Å²) in [5, 5.41) is 50.9. The first-order valence-corrected chi connectivity index (χ1v) is 26.0. The maximum absolute atomic E-state index is 15.4. The van der Waals surface area contributed by atoms with Crippen molar-refractivity contribution in [3.63, 3.8) is 0 Å². The van der Waals surface area contributed by atoms with Crippen molar-refractivity contribution in [2.75, 3.05) is 40.0 Å². The third-order valence-electron chi connectivity index (χ3n) is 13.9. The van der Waals surface area contributed by atoms with Crippen LogP contribution >= 0.6 is 0 Å². The summed E-state index contributed by atoms with van der Waals surface area (Å²) in [6.07, 6.45) is -8.24. The van der Waals surface area contributed by atoms with E-state index >= 15 is 4.79 Å². The second-order valence-corrected chi connectivity index (χ2v) is 20.0. The molecule has 2 bridgehead atoms. The summed E-state index contributed by atoms with van der Waals surface area (Å²) in [6.45, 7) is 6.43. The second kappa shape index (κ2) is 26.0. The lowest BCUT2D eigenvalue weighted by Crippen LogP contribution is -2.80. The first kappa shape index (κ1) is 58.2. The van der Waals surface area contributed by atoms with Gasteiger partial charge in [-0.15, -0.1) is 0 Å². The molecule has 0 aromatic carbocycles. The maximum atomic E-state index is 15.4. The number of carbonyl (C=O) groups is 6. The average molecular weight is 1050 g/mol. The number of hydrogen-bond donors (Lipinski definition) is 9. The van der Waals surface area contributed by atoms with Crippen LogP contribution in [-0.4, -0.2) is 199 Å². The Labute approximate surface area is 418 Å². The van der Waals surface area contributed by atoms with Crippen molar-refractivity contribution in [2.45, 2.75) is 184 Å². The fourth-order valence-electron chi connectivity index (χ4n) is 9.75. The molecule has 14 atom stereocenters. The van der Waals surface area contributed by atoms with Crippen molar-refractivity contribution >= 4 is 52.1 Å². The number of alkyl carbamates (subject to hydrolysis) is 1. The van der Waals surface area contributed by atoms with Gasteiger partial charge in [0.15, 0.2) is 30.1 Å². The lowest BCUT2D eigenvalue weighted by molar-refractivity contribution is -0.324. The number of piperidine rings is 1. The van der Waals surface area contributed by atoms with E-state index in [1.165, 1.54) is 0 Å². The molecule has 0 radical (unpaired) electrons. The summed E-state index contributed by atoms with van der Waals surface area (Å²) < 4.78 is 71.1. The Morgan fingerprint density at radius 1 is 1.04 bits per heavy atom. The van der Waals surface area contributed by atoms with Gasteiger partial charge in [0.05, 0.1) is 12.1 Å². The van der Waals surface area contributed by atoms with Crippen molar-refractivity contribution in [3.05, 3.63) is 11.6 Å². The van der Waals surface area contributed by atoms with Crippen LogP contribution in [0.4, 0.5) is 4.79 Å². The number of nitrogens with one attached hydrogen (secondary N) is 4. The van der Waals surface area contributed by atoms with Gasteiger partial charge in [0.2, 0.25) is 11.8 Å². The lowest BCUT2D eigenvalue weighted by atomic mass is 9.66. The van der Waals surface area contributed by atoms with Crippen molar-refractivity contribution in [1.29, 1.82) is 5.41 Å². The van der Waals surface area contributed by atoms with Crippen LogP contribution in [0.5, 0.6) is 0 Å². The van der Waals surface area contributed by atoms with Gasteiger partial charge in [-0.05, 0) is 31.6 Å². The summed E-state index contributed by atoms with van der Waals surface area (Å²) in [6, 6.07) is -6.12. The minimum absolute atomic E-state index is 0.0121. The van der Waals surface area contributed by atoms with Crippen LogP contribution in [-0.2, 0) is 67.0 Å². The van der Waals surface area contributed by atoms with E-state index in [-0.39, 0.29) is 44.6 Å². The van der Waals surface area contributed by atoms with Crippen molar-refractivity contribution in [1.82, 2.24) is 25.8 Å². The van der Waals surface area contributed by atoms with Gasteiger partial charge >= 0.3 is 28.4 Å². The Balaban J connectivity index is 1.52. The van der Waals surface area contributed by atoms with E-state index in [9.17, 15) is 52.3 Å². The smallest absolute Gasteiger partial charge is 0.408 e. The molecular formula is C45H73N7O19S. The van der Waals surface area contributed by atoms with Gasteiger partial charge in [0.25, 0.3) is 5.91 Å². The molecule has 4 fully saturated rings. The number of likely N-dealkylation sites (tertiary alicyclic amines) is 1. The van der Waals surface area contributed by atoms with Crippen LogP contribution in [0.2, 0.25) is 0 Å². The molecule has 1 spiro atoms. The Hall–Kier alpha value is -4.74. The van der Waals surface area contributed by atoms with Crippen molar-refractivity contribution < 1.29 is 89.7 Å². The number of fused-ring (bicyclic) bond motifs is 1. The summed E-state index contributed by atoms with van der Waals surface area (Å²) in [7, 11) is -3.97. The molecule has 408 valence electrons. The quantitative estimate of drug-likeness (QED) is 0.00956. The molecule has 4 amide bonds. The van der Waals surface area contributed by atoms with E-state index < -0.39 is 144 Å². The van der Waals surface area contributed by atoms with Crippen LogP contribution in [0.25, 0.3) is 0 Å². The average Bonchev–Trinajstić information content (AvgIpc) is 3.94. The molecule has 4 aliphatic heterocycles. The monoisotopic (exact) mass is 1050 g/mol. The Morgan fingerprint density at radius 3 is 2.33 bits per heavy atom. The zero-order valence-corrected chi connectivity index (χ0v) is 42.2. The number of aliphatic hydroxyl groups excluding tert-OH is 3. The maximum Gasteiger partial charge on any atom is 0.408 e. The molecular weight excluding hydrogens is 975 g/mol. The van der Waals surface area contributed by atoms with Gasteiger partial charge in [-0.1, -0.05) is 71.4 Å². The van der Waals surface area contributed by atoms with Gasteiger partial charge in [-0.2, -0.15) is 8.42 Å². The zero-order valence-electron chi connectivity index (χ0n) is 41.4. The highest BCUT2D eigenvalue weighted by Crippen LogP contribution is 2.48. The molecule has 72 heavy (non-hydrogen) atoms. The molecule has 1 aliphatic carbocycles. The van der Waals surface area contributed by atoms with E-state index in [0.29, 0.717) is 38.8 Å². The molecule has 4 heterocycles.